The molecule has 3 heteroatoms. The lowest BCUT2D eigenvalue weighted by molar-refractivity contribution is 1.16. The van der Waals surface area contributed by atoms with Gasteiger partial charge in [0.2, 0.25) is 0 Å². The van der Waals surface area contributed by atoms with Gasteiger partial charge in [-0.15, -0.1) is 0 Å². The second kappa shape index (κ2) is 6.44. The minimum atomic E-state index is 0.778. The summed E-state index contributed by atoms with van der Waals surface area (Å²) in [5, 5.41) is 0. The zero-order valence-corrected chi connectivity index (χ0v) is 13.0. The average Bonchev–Trinajstić information content (AvgIpc) is 2.54. The van der Waals surface area contributed by atoms with E-state index in [9.17, 15) is 0 Å². The summed E-state index contributed by atoms with van der Waals surface area (Å²) in [5.41, 5.74) is 24.8. The predicted octanol–water partition coefficient (Wildman–Crippen LogP) is 3.61. The summed E-state index contributed by atoms with van der Waals surface area (Å²) in [5.74, 6) is 0. The van der Waals surface area contributed by atoms with Crippen molar-refractivity contribution in [2.45, 2.75) is 12.8 Å². The fourth-order valence-corrected chi connectivity index (χ4v) is 2.64. The third-order valence-corrected chi connectivity index (χ3v) is 3.97. The molecule has 3 aromatic rings. The Kier molecular flexibility index (Phi) is 4.20. The van der Waals surface area contributed by atoms with Gasteiger partial charge in [0.25, 0.3) is 0 Å². The Labute approximate surface area is 136 Å². The quantitative estimate of drug-likeness (QED) is 0.644. The van der Waals surface area contributed by atoms with E-state index in [1.165, 1.54) is 16.7 Å². The number of anilines is 3. The molecule has 0 aromatic heterocycles. The molecule has 0 saturated heterocycles. The van der Waals surface area contributed by atoms with E-state index in [1.54, 1.807) is 0 Å². The van der Waals surface area contributed by atoms with Crippen LogP contribution in [0, 0.1) is 0 Å². The van der Waals surface area contributed by atoms with Gasteiger partial charge in [-0.1, -0.05) is 36.4 Å². The maximum atomic E-state index is 6.23. The summed E-state index contributed by atoms with van der Waals surface area (Å²) in [6.07, 6.45) is 1.67. The maximum absolute atomic E-state index is 6.23. The van der Waals surface area contributed by atoms with Crippen LogP contribution in [0.2, 0.25) is 0 Å². The van der Waals surface area contributed by atoms with E-state index >= 15 is 0 Å². The molecule has 0 heterocycles. The molecule has 0 aliphatic rings. The Hall–Kier alpha value is -2.94. The number of hydrogen-bond acceptors (Lipinski definition) is 3. The van der Waals surface area contributed by atoms with E-state index in [-0.39, 0.29) is 0 Å². The van der Waals surface area contributed by atoms with Crippen LogP contribution in [0.15, 0.2) is 66.7 Å². The van der Waals surface area contributed by atoms with Crippen LogP contribution in [-0.4, -0.2) is 0 Å². The van der Waals surface area contributed by atoms with Crippen molar-refractivity contribution in [3.05, 3.63) is 89.0 Å². The van der Waals surface area contributed by atoms with Gasteiger partial charge in [-0.3, -0.25) is 0 Å². The van der Waals surface area contributed by atoms with Gasteiger partial charge in [0.15, 0.2) is 0 Å². The first-order valence-electron chi connectivity index (χ1n) is 7.66. The standard InChI is InChI=1S/C20H21N3/c21-18-7-2-14(3-8-18)11-16-1-6-17(20(23)13-16)12-15-4-9-19(22)10-5-15/h1-10,13H,11-12,21-23H2. The molecule has 0 saturated carbocycles. The number of hydrogen-bond donors (Lipinski definition) is 3. The number of rotatable bonds is 4. The molecule has 0 aliphatic heterocycles. The van der Waals surface area contributed by atoms with Crippen LogP contribution in [0.3, 0.4) is 0 Å². The minimum absolute atomic E-state index is 0.778. The molecule has 0 bridgehead atoms. The van der Waals surface area contributed by atoms with Crippen LogP contribution in [0.4, 0.5) is 17.1 Å². The summed E-state index contributed by atoms with van der Waals surface area (Å²) in [7, 11) is 0. The van der Waals surface area contributed by atoms with Gasteiger partial charge < -0.3 is 17.2 Å². The van der Waals surface area contributed by atoms with Crippen LogP contribution in [0.25, 0.3) is 0 Å². The van der Waals surface area contributed by atoms with Crippen LogP contribution in [0.1, 0.15) is 22.3 Å². The molecule has 3 aromatic carbocycles. The normalized spacial score (nSPS) is 10.6. The summed E-state index contributed by atoms with van der Waals surface area (Å²) < 4.78 is 0. The summed E-state index contributed by atoms with van der Waals surface area (Å²) in [6.45, 7) is 0. The fourth-order valence-electron chi connectivity index (χ4n) is 2.64. The molecule has 3 rings (SSSR count). The van der Waals surface area contributed by atoms with Crippen LogP contribution in [0.5, 0.6) is 0 Å². The zero-order chi connectivity index (χ0) is 16.2. The first-order chi connectivity index (χ1) is 11.1. The lowest BCUT2D eigenvalue weighted by atomic mass is 9.98. The molecule has 3 nitrogen and oxygen atoms in total. The Morgan fingerprint density at radius 1 is 0.522 bits per heavy atom. The molecule has 23 heavy (non-hydrogen) atoms. The SMILES string of the molecule is Nc1ccc(Cc2ccc(Cc3ccc(N)cc3)c(N)c2)cc1. The van der Waals surface area contributed by atoms with E-state index in [4.69, 9.17) is 17.2 Å². The van der Waals surface area contributed by atoms with E-state index in [0.717, 1.165) is 35.5 Å². The molecule has 0 amide bonds. The fraction of sp³-hybridized carbons (Fsp3) is 0.100. The van der Waals surface area contributed by atoms with Crippen molar-refractivity contribution in [3.63, 3.8) is 0 Å². The second-order valence-electron chi connectivity index (χ2n) is 5.87. The van der Waals surface area contributed by atoms with Crippen molar-refractivity contribution >= 4 is 17.1 Å². The topological polar surface area (TPSA) is 78.1 Å². The van der Waals surface area contributed by atoms with Gasteiger partial charge in [0, 0.05) is 17.1 Å². The first-order valence-corrected chi connectivity index (χ1v) is 7.66. The van der Waals surface area contributed by atoms with Gasteiger partial charge in [0.05, 0.1) is 0 Å². The minimum Gasteiger partial charge on any atom is -0.399 e. The Bertz CT molecular complexity index is 790. The van der Waals surface area contributed by atoms with E-state index in [1.807, 2.05) is 48.5 Å². The van der Waals surface area contributed by atoms with E-state index in [0.29, 0.717) is 0 Å². The maximum Gasteiger partial charge on any atom is 0.0352 e. The van der Waals surface area contributed by atoms with Gasteiger partial charge in [-0.2, -0.15) is 0 Å². The first kappa shape index (κ1) is 15.0. The molecule has 0 aliphatic carbocycles. The van der Waals surface area contributed by atoms with Crippen molar-refractivity contribution in [3.8, 4) is 0 Å². The smallest absolute Gasteiger partial charge is 0.0352 e. The van der Waals surface area contributed by atoms with Crippen LogP contribution < -0.4 is 17.2 Å². The van der Waals surface area contributed by atoms with Crippen molar-refractivity contribution in [1.82, 2.24) is 0 Å². The molecular formula is C20H21N3. The summed E-state index contributed by atoms with van der Waals surface area (Å²) in [6, 6.07) is 22.2. The molecule has 116 valence electrons. The van der Waals surface area contributed by atoms with Crippen LogP contribution >= 0.6 is 0 Å². The zero-order valence-electron chi connectivity index (χ0n) is 13.0. The largest absolute Gasteiger partial charge is 0.399 e. The lowest BCUT2D eigenvalue weighted by Crippen LogP contribution is -1.98. The highest BCUT2D eigenvalue weighted by Gasteiger charge is 2.04. The number of benzene rings is 3. The van der Waals surface area contributed by atoms with Crippen molar-refractivity contribution in [2.75, 3.05) is 17.2 Å². The molecule has 0 fully saturated rings. The summed E-state index contributed by atoms with van der Waals surface area (Å²) in [4.78, 5) is 0. The Morgan fingerprint density at radius 2 is 1.00 bits per heavy atom. The molecule has 0 atom stereocenters. The van der Waals surface area contributed by atoms with Crippen LogP contribution in [-0.2, 0) is 12.8 Å². The third-order valence-electron chi connectivity index (χ3n) is 3.97. The second-order valence-corrected chi connectivity index (χ2v) is 5.87. The lowest BCUT2D eigenvalue weighted by Gasteiger charge is -2.09. The molecule has 0 unspecified atom stereocenters. The van der Waals surface area contributed by atoms with Gasteiger partial charge in [0.1, 0.15) is 0 Å². The van der Waals surface area contributed by atoms with Gasteiger partial charge in [-0.25, -0.2) is 0 Å². The molecule has 6 N–H and O–H groups in total. The third kappa shape index (κ3) is 3.83. The van der Waals surface area contributed by atoms with Crippen molar-refractivity contribution in [1.29, 1.82) is 0 Å². The average molecular weight is 303 g/mol. The molecular weight excluding hydrogens is 282 g/mol. The van der Waals surface area contributed by atoms with Gasteiger partial charge in [-0.05, 0) is 65.4 Å². The highest BCUT2D eigenvalue weighted by atomic mass is 14.6. The Balaban J connectivity index is 1.75. The number of nitrogens with two attached hydrogens (primary N) is 3. The van der Waals surface area contributed by atoms with Crippen molar-refractivity contribution in [2.24, 2.45) is 0 Å². The molecule has 0 spiro atoms. The van der Waals surface area contributed by atoms with Gasteiger partial charge >= 0.3 is 0 Å². The highest BCUT2D eigenvalue weighted by molar-refractivity contribution is 5.52. The summed E-state index contributed by atoms with van der Waals surface area (Å²) >= 11 is 0. The monoisotopic (exact) mass is 303 g/mol. The molecule has 0 radical (unpaired) electrons. The van der Waals surface area contributed by atoms with E-state index in [2.05, 4.69) is 18.2 Å². The Morgan fingerprint density at radius 3 is 1.52 bits per heavy atom. The highest BCUT2D eigenvalue weighted by Crippen LogP contribution is 2.21. The number of nitrogen functional groups attached to an aromatic ring is 3. The predicted molar refractivity (Wildman–Crippen MR) is 98.2 cm³/mol. The van der Waals surface area contributed by atoms with E-state index < -0.39 is 0 Å². The van der Waals surface area contributed by atoms with Crippen molar-refractivity contribution < 1.29 is 0 Å².